The molecule has 4 heteroatoms. The zero-order chi connectivity index (χ0) is 20.8. The Morgan fingerprint density at radius 1 is 1.24 bits per heavy atom. The molecule has 0 amide bonds. The highest BCUT2D eigenvalue weighted by molar-refractivity contribution is 5.89. The number of pyridine rings is 1. The van der Waals surface area contributed by atoms with Crippen LogP contribution in [0.2, 0.25) is 0 Å². The van der Waals surface area contributed by atoms with Crippen LogP contribution in [-0.4, -0.2) is 20.6 Å². The van der Waals surface area contributed by atoms with Crippen LogP contribution in [0.5, 0.6) is 0 Å². The minimum Gasteiger partial charge on any atom is -0.478 e. The van der Waals surface area contributed by atoms with Gasteiger partial charge in [-0.15, -0.1) is 0 Å². The number of carbonyl (C=O) groups is 1. The molecule has 1 aliphatic rings. The number of hydrogen-bond donors (Lipinski definition) is 1. The second-order valence-electron chi connectivity index (χ2n) is 9.70. The Morgan fingerprint density at radius 3 is 2.66 bits per heavy atom. The minimum absolute atomic E-state index is 0.268. The van der Waals surface area contributed by atoms with Gasteiger partial charge in [-0.3, -0.25) is 4.98 Å². The van der Waals surface area contributed by atoms with Crippen LogP contribution in [0.25, 0.3) is 10.9 Å². The summed E-state index contributed by atoms with van der Waals surface area (Å²) >= 11 is 0. The van der Waals surface area contributed by atoms with Gasteiger partial charge in [0.2, 0.25) is 0 Å². The fourth-order valence-electron chi connectivity index (χ4n) is 4.08. The number of benzene rings is 1. The molecule has 2 aromatic heterocycles. The van der Waals surface area contributed by atoms with Crippen LogP contribution in [0.3, 0.4) is 0 Å². The maximum atomic E-state index is 11.9. The highest BCUT2D eigenvalue weighted by Gasteiger charge is 2.26. The van der Waals surface area contributed by atoms with Gasteiger partial charge in [0, 0.05) is 31.2 Å². The van der Waals surface area contributed by atoms with E-state index in [2.05, 4.69) is 61.8 Å². The molecule has 1 aromatic carbocycles. The summed E-state index contributed by atoms with van der Waals surface area (Å²) in [4.78, 5) is 16.4. The molecule has 4 rings (SSSR count). The Balaban J connectivity index is 1.70. The van der Waals surface area contributed by atoms with E-state index in [9.17, 15) is 9.90 Å². The number of aromatic carboxylic acids is 1. The van der Waals surface area contributed by atoms with Gasteiger partial charge in [0.05, 0.1) is 16.8 Å². The van der Waals surface area contributed by atoms with E-state index in [1.54, 1.807) is 0 Å². The maximum Gasteiger partial charge on any atom is 0.337 e. The molecule has 29 heavy (non-hydrogen) atoms. The molecule has 0 atom stereocenters. The average Bonchev–Trinajstić information content (AvgIpc) is 3.43. The lowest BCUT2D eigenvalue weighted by Crippen LogP contribution is -2.09. The molecular weight excluding hydrogens is 360 g/mol. The van der Waals surface area contributed by atoms with E-state index in [0.29, 0.717) is 23.6 Å². The number of hydrogen-bond acceptors (Lipinski definition) is 2. The number of nitrogens with zero attached hydrogens (tertiary/aromatic N) is 2. The zero-order valence-corrected chi connectivity index (χ0v) is 17.8. The van der Waals surface area contributed by atoms with Gasteiger partial charge in [-0.2, -0.15) is 0 Å². The largest absolute Gasteiger partial charge is 0.478 e. The van der Waals surface area contributed by atoms with Crippen LogP contribution >= 0.6 is 0 Å². The molecule has 4 nitrogen and oxygen atoms in total. The van der Waals surface area contributed by atoms with Gasteiger partial charge in [0.25, 0.3) is 0 Å². The smallest absolute Gasteiger partial charge is 0.337 e. The number of carboxylic acid groups (broad SMARTS) is 1. The summed E-state index contributed by atoms with van der Waals surface area (Å²) in [5.74, 6) is -0.386. The second kappa shape index (κ2) is 7.33. The van der Waals surface area contributed by atoms with E-state index in [4.69, 9.17) is 0 Å². The maximum absolute atomic E-state index is 11.9. The Bertz CT molecular complexity index is 1070. The Morgan fingerprint density at radius 2 is 2.00 bits per heavy atom. The summed E-state index contributed by atoms with van der Waals surface area (Å²) in [5.41, 5.74) is 6.06. The summed E-state index contributed by atoms with van der Waals surface area (Å²) in [6, 6.07) is 8.40. The Kier molecular flexibility index (Phi) is 4.97. The van der Waals surface area contributed by atoms with E-state index < -0.39 is 5.97 Å². The molecule has 0 spiro atoms. The quantitative estimate of drug-likeness (QED) is 0.586. The second-order valence-corrected chi connectivity index (χ2v) is 9.70. The van der Waals surface area contributed by atoms with E-state index in [-0.39, 0.29) is 5.41 Å². The van der Waals surface area contributed by atoms with Crippen molar-refractivity contribution in [2.75, 3.05) is 0 Å². The summed E-state index contributed by atoms with van der Waals surface area (Å²) in [7, 11) is 2.09. The lowest BCUT2D eigenvalue weighted by Gasteiger charge is -2.19. The Labute approximate surface area is 172 Å². The van der Waals surface area contributed by atoms with Gasteiger partial charge in [0.1, 0.15) is 0 Å². The van der Waals surface area contributed by atoms with Crippen molar-refractivity contribution in [1.82, 2.24) is 9.55 Å². The van der Waals surface area contributed by atoms with E-state index in [1.807, 2.05) is 12.3 Å². The van der Waals surface area contributed by atoms with Crippen molar-refractivity contribution in [3.8, 4) is 0 Å². The normalized spacial score (nSPS) is 14.5. The number of aryl methyl sites for hydroxylation is 2. The molecule has 1 aliphatic carbocycles. The molecule has 2 heterocycles. The highest BCUT2D eigenvalue weighted by Crippen LogP contribution is 2.40. The van der Waals surface area contributed by atoms with Crippen molar-refractivity contribution >= 4 is 16.9 Å². The lowest BCUT2D eigenvalue weighted by molar-refractivity contribution is 0.0695. The molecule has 0 aliphatic heterocycles. The molecule has 0 saturated heterocycles. The SMILES string of the molecule is Cn1ccc2cc(Cc3ncc(C4CC4)cc3C(=O)O)cc(CCC(C)(C)C)c21. The van der Waals surface area contributed by atoms with Crippen molar-refractivity contribution in [1.29, 1.82) is 0 Å². The van der Waals surface area contributed by atoms with Crippen molar-refractivity contribution in [2.24, 2.45) is 12.5 Å². The number of aromatic nitrogens is 2. The van der Waals surface area contributed by atoms with Crippen LogP contribution < -0.4 is 0 Å². The molecule has 1 saturated carbocycles. The third kappa shape index (κ3) is 4.36. The summed E-state index contributed by atoms with van der Waals surface area (Å²) < 4.78 is 2.18. The monoisotopic (exact) mass is 390 g/mol. The van der Waals surface area contributed by atoms with Crippen LogP contribution in [0.1, 0.15) is 78.7 Å². The molecule has 0 bridgehead atoms. The van der Waals surface area contributed by atoms with Crippen molar-refractivity contribution in [2.45, 2.75) is 58.8 Å². The first-order valence-corrected chi connectivity index (χ1v) is 10.5. The van der Waals surface area contributed by atoms with Gasteiger partial charge in [0.15, 0.2) is 0 Å². The fraction of sp³-hybridized carbons (Fsp3) is 0.440. The first-order chi connectivity index (χ1) is 13.7. The molecule has 1 fully saturated rings. The lowest BCUT2D eigenvalue weighted by atomic mass is 9.87. The van der Waals surface area contributed by atoms with Crippen molar-refractivity contribution < 1.29 is 9.90 Å². The third-order valence-corrected chi connectivity index (χ3v) is 5.89. The van der Waals surface area contributed by atoms with Gasteiger partial charge < -0.3 is 9.67 Å². The number of rotatable bonds is 6. The third-order valence-electron chi connectivity index (χ3n) is 5.89. The summed E-state index contributed by atoms with van der Waals surface area (Å²) in [6.07, 6.45) is 8.90. The van der Waals surface area contributed by atoms with Gasteiger partial charge in [-0.25, -0.2) is 4.79 Å². The molecule has 1 N–H and O–H groups in total. The number of carboxylic acids is 1. The van der Waals surface area contributed by atoms with Crippen LogP contribution in [0, 0.1) is 5.41 Å². The molecular formula is C25H30N2O2. The summed E-state index contributed by atoms with van der Waals surface area (Å²) in [5, 5.41) is 10.9. The predicted molar refractivity (Wildman–Crippen MR) is 117 cm³/mol. The highest BCUT2D eigenvalue weighted by atomic mass is 16.4. The molecule has 152 valence electrons. The first kappa shape index (κ1) is 19.7. The average molecular weight is 391 g/mol. The van der Waals surface area contributed by atoms with Crippen LogP contribution in [0.15, 0.2) is 36.7 Å². The zero-order valence-electron chi connectivity index (χ0n) is 17.8. The van der Waals surface area contributed by atoms with Crippen LogP contribution in [0.4, 0.5) is 0 Å². The first-order valence-electron chi connectivity index (χ1n) is 10.5. The Hall–Kier alpha value is -2.62. The van der Waals surface area contributed by atoms with Gasteiger partial charge >= 0.3 is 5.97 Å². The fourth-order valence-corrected chi connectivity index (χ4v) is 4.08. The van der Waals surface area contributed by atoms with Gasteiger partial charge in [-0.05, 0) is 71.9 Å². The standard InChI is InChI=1S/C25H30N2O2/c1-25(2,3)9-7-18-11-16(12-19-8-10-27(4)23(18)19)13-22-21(24(28)29)14-20(15-26-22)17-5-6-17/h8,10-12,14-15,17H,5-7,9,13H2,1-4H3,(H,28,29). The van der Waals surface area contributed by atoms with E-state index in [0.717, 1.165) is 36.8 Å². The topological polar surface area (TPSA) is 55.1 Å². The van der Waals surface area contributed by atoms with E-state index in [1.165, 1.54) is 16.5 Å². The van der Waals surface area contributed by atoms with Gasteiger partial charge in [-0.1, -0.05) is 26.8 Å². The summed E-state index contributed by atoms with van der Waals surface area (Å²) in [6.45, 7) is 6.80. The number of fused-ring (bicyclic) bond motifs is 1. The van der Waals surface area contributed by atoms with Crippen molar-refractivity contribution in [3.05, 3.63) is 64.6 Å². The van der Waals surface area contributed by atoms with Crippen molar-refractivity contribution in [3.63, 3.8) is 0 Å². The molecule has 0 radical (unpaired) electrons. The van der Waals surface area contributed by atoms with E-state index >= 15 is 0 Å². The van der Waals surface area contributed by atoms with Crippen LogP contribution in [-0.2, 0) is 19.9 Å². The predicted octanol–water partition coefficient (Wildman–Crippen LogP) is 5.72. The minimum atomic E-state index is -0.885. The molecule has 0 unspecified atom stereocenters. The molecule has 3 aromatic rings.